The van der Waals surface area contributed by atoms with Crippen molar-refractivity contribution >= 4 is 12.6 Å². The Bertz CT molecular complexity index is 241. The first-order valence-electron chi connectivity index (χ1n) is 6.40. The van der Waals surface area contributed by atoms with E-state index in [4.69, 9.17) is 0 Å². The van der Waals surface area contributed by atoms with Crippen molar-refractivity contribution in [3.05, 3.63) is 10.6 Å². The molecule has 86 valence electrons. The Balaban J connectivity index is 1.93. The smallest absolute Gasteiger partial charge is 0.0198 e. The van der Waals surface area contributed by atoms with Gasteiger partial charge in [-0.05, 0) is 31.1 Å². The van der Waals surface area contributed by atoms with E-state index in [9.17, 15) is 0 Å². The molecule has 1 N–H and O–H groups in total. The van der Waals surface area contributed by atoms with Crippen LogP contribution >= 0.6 is 12.6 Å². The molecule has 0 aromatic rings. The fourth-order valence-electron chi connectivity index (χ4n) is 3.22. The summed E-state index contributed by atoms with van der Waals surface area (Å²) < 4.78 is 0. The summed E-state index contributed by atoms with van der Waals surface area (Å²) in [6.45, 7) is 0. The molecule has 1 saturated carbocycles. The van der Waals surface area contributed by atoms with Crippen molar-refractivity contribution < 1.29 is 0 Å². The summed E-state index contributed by atoms with van der Waals surface area (Å²) in [4.78, 5) is 1.32. The predicted octanol–water partition coefficient (Wildman–Crippen LogP) is 3.73. The normalized spacial score (nSPS) is 29.3. The Morgan fingerprint density at radius 2 is 1.80 bits per heavy atom. The highest BCUT2D eigenvalue weighted by molar-refractivity contribution is 7.84. The highest BCUT2D eigenvalue weighted by Gasteiger charge is 2.27. The van der Waals surface area contributed by atoms with Crippen molar-refractivity contribution in [2.75, 3.05) is 7.05 Å². The van der Waals surface area contributed by atoms with Crippen LogP contribution in [0.3, 0.4) is 0 Å². The molecule has 1 unspecified atom stereocenters. The molecule has 2 heteroatoms. The molecule has 0 radical (unpaired) electrons. The zero-order valence-electron chi connectivity index (χ0n) is 9.76. The lowest BCUT2D eigenvalue weighted by Gasteiger charge is -2.34. The van der Waals surface area contributed by atoms with Gasteiger partial charge in [-0.2, -0.15) is 0 Å². The van der Waals surface area contributed by atoms with E-state index >= 15 is 0 Å². The van der Waals surface area contributed by atoms with Gasteiger partial charge < -0.3 is 5.32 Å². The molecule has 2 aliphatic carbocycles. The van der Waals surface area contributed by atoms with Crippen molar-refractivity contribution in [2.24, 2.45) is 11.8 Å². The van der Waals surface area contributed by atoms with Gasteiger partial charge in [0.1, 0.15) is 0 Å². The van der Waals surface area contributed by atoms with Crippen LogP contribution in [0.1, 0.15) is 51.4 Å². The molecule has 1 fully saturated rings. The van der Waals surface area contributed by atoms with Gasteiger partial charge in [-0.1, -0.05) is 32.1 Å². The van der Waals surface area contributed by atoms with E-state index in [0.717, 1.165) is 11.8 Å². The number of hydrogen-bond donors (Lipinski definition) is 2. The van der Waals surface area contributed by atoms with Gasteiger partial charge in [0.05, 0.1) is 0 Å². The first kappa shape index (κ1) is 11.4. The molecule has 0 bridgehead atoms. The SMILES string of the molecule is CNC1=C(S)CC(C2CCCCC2)CC1. The lowest BCUT2D eigenvalue weighted by molar-refractivity contribution is 0.229. The molecule has 1 atom stereocenters. The van der Waals surface area contributed by atoms with Crippen molar-refractivity contribution in [3.8, 4) is 0 Å². The lowest BCUT2D eigenvalue weighted by atomic mass is 9.74. The van der Waals surface area contributed by atoms with E-state index in [-0.39, 0.29) is 0 Å². The van der Waals surface area contributed by atoms with Crippen LogP contribution in [-0.4, -0.2) is 7.05 Å². The average Bonchev–Trinajstić information content (AvgIpc) is 2.30. The van der Waals surface area contributed by atoms with Crippen LogP contribution in [-0.2, 0) is 0 Å². The van der Waals surface area contributed by atoms with Gasteiger partial charge in [-0.25, -0.2) is 0 Å². The van der Waals surface area contributed by atoms with Crippen molar-refractivity contribution in [1.82, 2.24) is 5.32 Å². The van der Waals surface area contributed by atoms with E-state index < -0.39 is 0 Å². The van der Waals surface area contributed by atoms with E-state index in [1.54, 1.807) is 0 Å². The van der Waals surface area contributed by atoms with Gasteiger partial charge in [0.15, 0.2) is 0 Å². The second kappa shape index (κ2) is 5.29. The largest absolute Gasteiger partial charge is 0.391 e. The quantitative estimate of drug-likeness (QED) is 0.682. The molecular weight excluding hydrogens is 202 g/mol. The number of hydrogen-bond acceptors (Lipinski definition) is 2. The highest BCUT2D eigenvalue weighted by atomic mass is 32.1. The van der Waals surface area contributed by atoms with Crippen molar-refractivity contribution in [2.45, 2.75) is 51.4 Å². The van der Waals surface area contributed by atoms with Gasteiger partial charge in [0.2, 0.25) is 0 Å². The maximum absolute atomic E-state index is 4.63. The Hall–Kier alpha value is -0.110. The molecule has 0 amide bonds. The molecule has 1 nitrogen and oxygen atoms in total. The molecule has 15 heavy (non-hydrogen) atoms. The molecule has 0 aromatic carbocycles. The summed E-state index contributed by atoms with van der Waals surface area (Å²) in [6.07, 6.45) is 11.2. The second-order valence-corrected chi connectivity index (χ2v) is 5.62. The van der Waals surface area contributed by atoms with Gasteiger partial charge >= 0.3 is 0 Å². The summed E-state index contributed by atoms with van der Waals surface area (Å²) in [5.74, 6) is 1.93. The standard InChI is InChI=1S/C13H23NS/c1-14-12-8-7-11(9-13(12)15)10-5-3-2-4-6-10/h10-11,14-15H,2-9H2,1H3. The fourth-order valence-corrected chi connectivity index (χ4v) is 3.68. The third-order valence-corrected chi connectivity index (χ3v) is 4.64. The molecular formula is C13H23NS. The summed E-state index contributed by atoms with van der Waals surface area (Å²) in [7, 11) is 2.02. The van der Waals surface area contributed by atoms with E-state index in [2.05, 4.69) is 17.9 Å². The van der Waals surface area contributed by atoms with Crippen LogP contribution < -0.4 is 5.32 Å². The van der Waals surface area contributed by atoms with Crippen molar-refractivity contribution in [1.29, 1.82) is 0 Å². The molecule has 0 heterocycles. The van der Waals surface area contributed by atoms with Crippen LogP contribution in [0, 0.1) is 11.8 Å². The van der Waals surface area contributed by atoms with Crippen LogP contribution in [0.4, 0.5) is 0 Å². The van der Waals surface area contributed by atoms with Gasteiger partial charge in [-0.3, -0.25) is 0 Å². The summed E-state index contributed by atoms with van der Waals surface area (Å²) in [5.41, 5.74) is 1.38. The molecule has 0 aliphatic heterocycles. The van der Waals surface area contributed by atoms with Crippen LogP contribution in [0.5, 0.6) is 0 Å². The zero-order chi connectivity index (χ0) is 10.7. The van der Waals surface area contributed by atoms with E-state index in [1.165, 1.54) is 62.0 Å². The Kier molecular flexibility index (Phi) is 4.01. The van der Waals surface area contributed by atoms with Gasteiger partial charge in [0, 0.05) is 17.6 Å². The summed E-state index contributed by atoms with van der Waals surface area (Å²) in [6, 6.07) is 0. The fraction of sp³-hybridized carbons (Fsp3) is 0.846. The third kappa shape index (κ3) is 2.72. The second-order valence-electron chi connectivity index (χ2n) is 5.08. The Labute approximate surface area is 99.1 Å². The molecule has 2 rings (SSSR count). The van der Waals surface area contributed by atoms with Crippen LogP contribution in [0.2, 0.25) is 0 Å². The Morgan fingerprint density at radius 3 is 2.40 bits per heavy atom. The molecule has 0 saturated heterocycles. The maximum atomic E-state index is 4.63. The van der Waals surface area contributed by atoms with Crippen LogP contribution in [0.25, 0.3) is 0 Å². The maximum Gasteiger partial charge on any atom is 0.0198 e. The Morgan fingerprint density at radius 1 is 1.07 bits per heavy atom. The predicted molar refractivity (Wildman–Crippen MR) is 69.0 cm³/mol. The topological polar surface area (TPSA) is 12.0 Å². The molecule has 2 aliphatic rings. The lowest BCUT2D eigenvalue weighted by Crippen LogP contribution is -2.23. The van der Waals surface area contributed by atoms with E-state index in [1.807, 2.05) is 7.05 Å². The first-order chi connectivity index (χ1) is 7.31. The van der Waals surface area contributed by atoms with E-state index in [0.29, 0.717) is 0 Å². The number of allylic oxidation sites excluding steroid dienone is 2. The minimum Gasteiger partial charge on any atom is -0.391 e. The number of rotatable bonds is 2. The highest BCUT2D eigenvalue weighted by Crippen LogP contribution is 2.40. The molecule has 0 spiro atoms. The number of thiol groups is 1. The average molecular weight is 225 g/mol. The summed E-state index contributed by atoms with van der Waals surface area (Å²) in [5, 5.41) is 3.28. The number of nitrogens with one attached hydrogen (secondary N) is 1. The minimum atomic E-state index is 0.926. The minimum absolute atomic E-state index is 0.926. The summed E-state index contributed by atoms with van der Waals surface area (Å²) >= 11 is 4.63. The van der Waals surface area contributed by atoms with Gasteiger partial charge in [0.25, 0.3) is 0 Å². The third-order valence-electron chi connectivity index (χ3n) is 4.19. The zero-order valence-corrected chi connectivity index (χ0v) is 10.7. The monoisotopic (exact) mass is 225 g/mol. The van der Waals surface area contributed by atoms with Crippen LogP contribution in [0.15, 0.2) is 10.6 Å². The first-order valence-corrected chi connectivity index (χ1v) is 6.84. The molecule has 0 aromatic heterocycles. The van der Waals surface area contributed by atoms with Gasteiger partial charge in [-0.15, -0.1) is 12.6 Å². The van der Waals surface area contributed by atoms with Crippen molar-refractivity contribution in [3.63, 3.8) is 0 Å².